The van der Waals surface area contributed by atoms with Gasteiger partial charge in [0.15, 0.2) is 0 Å². The van der Waals surface area contributed by atoms with Gasteiger partial charge in [0.05, 0.1) is 34.4 Å². The lowest BCUT2D eigenvalue weighted by Crippen LogP contribution is -2.49. The number of anilines is 3. The molecule has 3 aromatic heterocycles. The second kappa shape index (κ2) is 13.2. The molecule has 14 heteroatoms. The van der Waals surface area contributed by atoms with E-state index in [9.17, 15) is 18.0 Å². The van der Waals surface area contributed by atoms with Gasteiger partial charge in [-0.2, -0.15) is 13.5 Å². The molecular weight excluding hydrogens is 627 g/mol. The van der Waals surface area contributed by atoms with Gasteiger partial charge in [0.2, 0.25) is 0 Å². The molecule has 4 aromatic rings. The van der Waals surface area contributed by atoms with Crippen LogP contribution in [0.3, 0.4) is 0 Å². The molecule has 1 saturated carbocycles. The van der Waals surface area contributed by atoms with E-state index < -0.39 is 10.1 Å². The van der Waals surface area contributed by atoms with Crippen LogP contribution in [0.15, 0.2) is 54.0 Å². The first-order chi connectivity index (χ1) is 21.7. The van der Waals surface area contributed by atoms with Gasteiger partial charge in [0.25, 0.3) is 16.0 Å². The van der Waals surface area contributed by atoms with Gasteiger partial charge in [0.1, 0.15) is 11.6 Å². The second-order valence-corrected chi connectivity index (χ2v) is 14.5. The van der Waals surface area contributed by atoms with Crippen LogP contribution >= 0.6 is 11.3 Å². The summed E-state index contributed by atoms with van der Waals surface area (Å²) in [5.41, 5.74) is 5.73. The fourth-order valence-electron chi connectivity index (χ4n) is 5.19. The topological polar surface area (TPSA) is 150 Å². The van der Waals surface area contributed by atoms with Gasteiger partial charge in [-0.15, -0.1) is 11.3 Å². The summed E-state index contributed by atoms with van der Waals surface area (Å²) in [5, 5.41) is 12.7. The Kier molecular flexibility index (Phi) is 9.52. The molecule has 46 heavy (non-hydrogen) atoms. The Balaban J connectivity index is 0.000000775. The van der Waals surface area contributed by atoms with Crippen LogP contribution in [-0.4, -0.2) is 77.0 Å². The highest BCUT2D eigenvalue weighted by atomic mass is 32.2. The van der Waals surface area contributed by atoms with E-state index in [1.807, 2.05) is 73.5 Å². The molecule has 0 unspecified atom stereocenters. The van der Waals surface area contributed by atoms with E-state index in [0.717, 1.165) is 51.6 Å². The molecule has 0 radical (unpaired) electrons. The van der Waals surface area contributed by atoms with Gasteiger partial charge < -0.3 is 15.1 Å². The number of urea groups is 1. The maximum absolute atomic E-state index is 13.1. The quantitative estimate of drug-likeness (QED) is 0.231. The Bertz CT molecular complexity index is 1830. The predicted molar refractivity (Wildman–Crippen MR) is 181 cm³/mol. The summed E-state index contributed by atoms with van der Waals surface area (Å²) in [4.78, 5) is 35.6. The molecule has 3 N–H and O–H groups in total. The highest BCUT2D eigenvalue weighted by molar-refractivity contribution is 7.85. The van der Waals surface area contributed by atoms with Gasteiger partial charge in [-0.3, -0.25) is 14.7 Å². The molecule has 1 aliphatic heterocycles. The molecule has 0 atom stereocenters. The molecule has 0 bridgehead atoms. The van der Waals surface area contributed by atoms with Crippen LogP contribution in [0.4, 0.5) is 22.1 Å². The van der Waals surface area contributed by atoms with Gasteiger partial charge in [0, 0.05) is 37.7 Å². The molecule has 0 spiro atoms. The number of pyridine rings is 1. The zero-order valence-electron chi connectivity index (χ0n) is 26.6. The van der Waals surface area contributed by atoms with E-state index >= 15 is 0 Å². The molecule has 3 amide bonds. The third-order valence-electron chi connectivity index (χ3n) is 8.08. The molecule has 6 rings (SSSR count). The Morgan fingerprint density at radius 2 is 1.61 bits per heavy atom. The monoisotopic (exact) mass is 665 g/mol. The average molecular weight is 666 g/mol. The second-order valence-electron chi connectivity index (χ2n) is 12.1. The van der Waals surface area contributed by atoms with Crippen LogP contribution in [0, 0.1) is 20.8 Å². The number of amides is 3. The third-order valence-corrected chi connectivity index (χ3v) is 9.08. The van der Waals surface area contributed by atoms with Gasteiger partial charge in [-0.05, 0) is 74.4 Å². The summed E-state index contributed by atoms with van der Waals surface area (Å²) in [5.74, 6) is 1.60. The molecule has 1 aromatic carbocycles. The first kappa shape index (κ1) is 33.1. The maximum atomic E-state index is 13.1. The Morgan fingerprint density at radius 1 is 0.957 bits per heavy atom. The van der Waals surface area contributed by atoms with Crippen molar-refractivity contribution < 1.29 is 22.6 Å². The minimum atomic E-state index is -3.67. The summed E-state index contributed by atoms with van der Waals surface area (Å²) in [6.45, 7) is 10.9. The van der Waals surface area contributed by atoms with Crippen molar-refractivity contribution in [3.63, 3.8) is 0 Å². The van der Waals surface area contributed by atoms with Crippen LogP contribution in [-0.2, 0) is 15.5 Å². The zero-order chi connectivity index (χ0) is 33.2. The van der Waals surface area contributed by atoms with Crippen LogP contribution in [0.2, 0.25) is 0 Å². The molecule has 1 saturated heterocycles. The molecule has 4 heterocycles. The van der Waals surface area contributed by atoms with E-state index in [0.29, 0.717) is 43.9 Å². The standard InChI is InChI=1S/C31H35N7O2S.CH4O3S/c1-20-5-7-24(8-6-20)38-26(18-25(35-38)31(4)10-11-31)34-30(40)33-23-17-22(3)28(32-19-23)36-12-14-37(15-13-36)29(39)27-21(2)9-16-41-27;1-5(2,3)4/h5-9,16-19H,10-15H2,1-4H3,(H2,33,34,40);1H3,(H,2,3,4). The molecule has 2 aliphatic rings. The van der Waals surface area contributed by atoms with Crippen molar-refractivity contribution in [1.82, 2.24) is 19.7 Å². The lowest BCUT2D eigenvalue weighted by molar-refractivity contribution is 0.0750. The number of carbonyl (C=O) groups excluding carboxylic acids is 2. The molecule has 12 nitrogen and oxygen atoms in total. The van der Waals surface area contributed by atoms with E-state index in [1.54, 1.807) is 10.9 Å². The first-order valence-electron chi connectivity index (χ1n) is 14.9. The summed E-state index contributed by atoms with van der Waals surface area (Å²) >= 11 is 1.50. The largest absolute Gasteiger partial charge is 0.353 e. The number of nitrogens with zero attached hydrogens (tertiary/aromatic N) is 5. The fourth-order valence-corrected chi connectivity index (χ4v) is 6.09. The minimum absolute atomic E-state index is 0.0708. The maximum Gasteiger partial charge on any atom is 0.324 e. The number of carbonyl (C=O) groups is 2. The number of benzene rings is 1. The van der Waals surface area contributed by atoms with Crippen LogP contribution in [0.25, 0.3) is 5.69 Å². The number of hydrogen-bond acceptors (Lipinski definition) is 8. The summed E-state index contributed by atoms with van der Waals surface area (Å²) in [6.07, 6.45) is 4.59. The van der Waals surface area contributed by atoms with Crippen molar-refractivity contribution in [2.75, 3.05) is 48.0 Å². The Hall–Kier alpha value is -4.27. The average Bonchev–Trinajstić information content (AvgIpc) is 3.37. The number of hydrogen-bond donors (Lipinski definition) is 3. The van der Waals surface area contributed by atoms with E-state index in [-0.39, 0.29) is 17.4 Å². The Labute approximate surface area is 273 Å². The number of thiophene rings is 1. The highest BCUT2D eigenvalue weighted by Gasteiger charge is 2.42. The van der Waals surface area contributed by atoms with Crippen LogP contribution in [0.1, 0.15) is 51.8 Å². The predicted octanol–water partition coefficient (Wildman–Crippen LogP) is 5.42. The summed E-state index contributed by atoms with van der Waals surface area (Å²) in [7, 11) is -3.67. The normalized spacial score (nSPS) is 15.5. The van der Waals surface area contributed by atoms with Gasteiger partial charge in [-0.1, -0.05) is 24.6 Å². The van der Waals surface area contributed by atoms with E-state index in [4.69, 9.17) is 9.65 Å². The van der Waals surface area contributed by atoms with Gasteiger partial charge >= 0.3 is 6.03 Å². The Morgan fingerprint density at radius 3 is 2.17 bits per heavy atom. The number of nitrogens with one attached hydrogen (secondary N) is 2. The van der Waals surface area contributed by atoms with Crippen molar-refractivity contribution in [2.45, 2.75) is 46.0 Å². The summed E-state index contributed by atoms with van der Waals surface area (Å²) in [6, 6.07) is 13.6. The number of piperazine rings is 1. The highest BCUT2D eigenvalue weighted by Crippen LogP contribution is 2.47. The van der Waals surface area contributed by atoms with Crippen LogP contribution < -0.4 is 15.5 Å². The molecule has 1 aliphatic carbocycles. The first-order valence-corrected chi connectivity index (χ1v) is 17.7. The van der Waals surface area contributed by atoms with Crippen LogP contribution in [0.5, 0.6) is 0 Å². The van der Waals surface area contributed by atoms with E-state index in [2.05, 4.69) is 27.4 Å². The van der Waals surface area contributed by atoms with Crippen molar-refractivity contribution in [1.29, 1.82) is 0 Å². The molecule has 244 valence electrons. The van der Waals surface area contributed by atoms with Crippen molar-refractivity contribution in [2.24, 2.45) is 0 Å². The number of aromatic nitrogens is 3. The lowest BCUT2D eigenvalue weighted by atomic mass is 10.1. The van der Waals surface area contributed by atoms with Crippen molar-refractivity contribution in [3.8, 4) is 5.69 Å². The van der Waals surface area contributed by atoms with Crippen molar-refractivity contribution >= 4 is 50.7 Å². The molecule has 2 fully saturated rings. The summed E-state index contributed by atoms with van der Waals surface area (Å²) < 4.78 is 27.7. The zero-order valence-corrected chi connectivity index (χ0v) is 28.2. The van der Waals surface area contributed by atoms with Crippen molar-refractivity contribution in [3.05, 3.63) is 81.3 Å². The fraction of sp³-hybridized carbons (Fsp3) is 0.375. The minimum Gasteiger partial charge on any atom is -0.353 e. The molecular formula is C32H39N7O5S2. The third kappa shape index (κ3) is 8.11. The number of aryl methyl sites for hydroxylation is 3. The lowest BCUT2D eigenvalue weighted by Gasteiger charge is -2.36. The SMILES string of the molecule is CS(=O)(=O)O.Cc1ccc(-n2nc(C3(C)CC3)cc2NC(=O)Nc2cnc(N3CCN(C(=O)c4sccc4C)CC3)c(C)c2)cc1. The smallest absolute Gasteiger partial charge is 0.324 e. The van der Waals surface area contributed by atoms with E-state index in [1.165, 1.54) is 11.3 Å². The van der Waals surface area contributed by atoms with Gasteiger partial charge in [-0.25, -0.2) is 14.5 Å². The number of rotatable bonds is 6.